The fourth-order valence-corrected chi connectivity index (χ4v) is 2.72. The van der Waals surface area contributed by atoms with Crippen molar-refractivity contribution in [3.8, 4) is 0 Å². The molecule has 7 heteroatoms. The number of carbonyl (C=O) groups is 4. The standard InChI is InChI=1S/C25H21NO6/c1-16-6-10-18(11-7-16)22(27)14-31-24(29)20-4-3-5-21(26-20)25(30)32-15-23(28)19-12-8-17(2)9-13-19/h3-13H,14-15H2,1-2H3. The average Bonchev–Trinajstić information content (AvgIpc) is 2.81. The Morgan fingerprint density at radius 1 is 0.625 bits per heavy atom. The van der Waals surface area contributed by atoms with Gasteiger partial charge in [0, 0.05) is 11.1 Å². The average molecular weight is 431 g/mol. The van der Waals surface area contributed by atoms with Crippen LogP contribution in [-0.2, 0) is 9.47 Å². The van der Waals surface area contributed by atoms with Crippen molar-refractivity contribution in [2.75, 3.05) is 13.2 Å². The van der Waals surface area contributed by atoms with Gasteiger partial charge in [-0.15, -0.1) is 0 Å². The summed E-state index contributed by atoms with van der Waals surface area (Å²) in [5.74, 6) is -2.42. The Balaban J connectivity index is 1.56. The Labute approximate surface area is 185 Å². The van der Waals surface area contributed by atoms with Crippen molar-refractivity contribution in [3.05, 3.63) is 100 Å². The molecule has 0 aliphatic rings. The molecule has 0 spiro atoms. The van der Waals surface area contributed by atoms with Crippen LogP contribution in [0, 0.1) is 13.8 Å². The Morgan fingerprint density at radius 2 is 1.00 bits per heavy atom. The van der Waals surface area contributed by atoms with Gasteiger partial charge in [-0.25, -0.2) is 14.6 Å². The molecule has 7 nitrogen and oxygen atoms in total. The van der Waals surface area contributed by atoms with Gasteiger partial charge in [-0.1, -0.05) is 65.7 Å². The molecule has 0 N–H and O–H groups in total. The first-order valence-corrected chi connectivity index (χ1v) is 9.84. The minimum absolute atomic E-state index is 0.152. The highest BCUT2D eigenvalue weighted by Gasteiger charge is 2.17. The molecule has 2 aromatic carbocycles. The van der Waals surface area contributed by atoms with Crippen LogP contribution in [0.2, 0.25) is 0 Å². The van der Waals surface area contributed by atoms with Crippen LogP contribution in [0.25, 0.3) is 0 Å². The Morgan fingerprint density at radius 3 is 1.38 bits per heavy atom. The second-order valence-electron chi connectivity index (χ2n) is 7.14. The molecule has 1 aromatic heterocycles. The third-order valence-corrected chi connectivity index (χ3v) is 4.58. The van der Waals surface area contributed by atoms with Crippen molar-refractivity contribution in [3.63, 3.8) is 0 Å². The van der Waals surface area contributed by atoms with E-state index in [1.807, 2.05) is 13.8 Å². The lowest BCUT2D eigenvalue weighted by molar-refractivity contribution is 0.0456. The number of hydrogen-bond acceptors (Lipinski definition) is 7. The molecule has 0 aliphatic heterocycles. The number of nitrogens with zero attached hydrogens (tertiary/aromatic N) is 1. The SMILES string of the molecule is Cc1ccc(C(=O)COC(=O)c2cccc(C(=O)OCC(=O)c3ccc(C)cc3)n2)cc1. The molecule has 162 valence electrons. The zero-order valence-corrected chi connectivity index (χ0v) is 17.7. The van der Waals surface area contributed by atoms with Crippen molar-refractivity contribution >= 4 is 23.5 Å². The van der Waals surface area contributed by atoms with Crippen LogP contribution in [0.5, 0.6) is 0 Å². The molecule has 0 radical (unpaired) electrons. The fraction of sp³-hybridized carbons (Fsp3) is 0.160. The highest BCUT2D eigenvalue weighted by molar-refractivity contribution is 6.00. The summed E-state index contributed by atoms with van der Waals surface area (Å²) in [6.07, 6.45) is 0. The van der Waals surface area contributed by atoms with Crippen LogP contribution >= 0.6 is 0 Å². The molecule has 0 atom stereocenters. The summed E-state index contributed by atoms with van der Waals surface area (Å²) in [7, 11) is 0. The highest BCUT2D eigenvalue weighted by Crippen LogP contribution is 2.08. The number of carbonyl (C=O) groups excluding carboxylic acids is 4. The zero-order chi connectivity index (χ0) is 23.1. The van der Waals surface area contributed by atoms with Gasteiger partial charge in [-0.05, 0) is 26.0 Å². The van der Waals surface area contributed by atoms with Gasteiger partial charge in [-0.3, -0.25) is 9.59 Å². The number of ether oxygens (including phenoxy) is 2. The van der Waals surface area contributed by atoms with Crippen LogP contribution in [-0.4, -0.2) is 41.7 Å². The molecule has 0 amide bonds. The lowest BCUT2D eigenvalue weighted by Gasteiger charge is -2.07. The van der Waals surface area contributed by atoms with Gasteiger partial charge in [0.15, 0.2) is 24.8 Å². The molecular weight excluding hydrogens is 410 g/mol. The number of pyridine rings is 1. The molecule has 0 bridgehead atoms. The normalized spacial score (nSPS) is 10.3. The maximum absolute atomic E-state index is 12.2. The van der Waals surface area contributed by atoms with Gasteiger partial charge in [0.2, 0.25) is 0 Å². The monoisotopic (exact) mass is 431 g/mol. The number of benzene rings is 2. The topological polar surface area (TPSA) is 99.6 Å². The van der Waals surface area contributed by atoms with E-state index in [0.717, 1.165) is 11.1 Å². The van der Waals surface area contributed by atoms with Crippen LogP contribution < -0.4 is 0 Å². The summed E-state index contributed by atoms with van der Waals surface area (Å²) in [6, 6.07) is 17.9. The zero-order valence-electron chi connectivity index (χ0n) is 17.7. The molecule has 32 heavy (non-hydrogen) atoms. The highest BCUT2D eigenvalue weighted by atomic mass is 16.5. The van der Waals surface area contributed by atoms with Crippen LogP contribution in [0.4, 0.5) is 0 Å². The Kier molecular flexibility index (Phi) is 7.23. The van der Waals surface area contributed by atoms with Crippen molar-refractivity contribution in [2.45, 2.75) is 13.8 Å². The van der Waals surface area contributed by atoms with E-state index in [-0.39, 0.29) is 23.0 Å². The van der Waals surface area contributed by atoms with Crippen molar-refractivity contribution in [1.82, 2.24) is 4.98 Å². The number of aryl methyl sites for hydroxylation is 2. The Bertz CT molecular complexity index is 1060. The second kappa shape index (κ2) is 10.3. The first-order chi connectivity index (χ1) is 15.3. The van der Waals surface area contributed by atoms with Crippen molar-refractivity contribution in [2.24, 2.45) is 0 Å². The fourth-order valence-electron chi connectivity index (χ4n) is 2.72. The van der Waals surface area contributed by atoms with Gasteiger partial charge in [0.05, 0.1) is 0 Å². The Hall–Kier alpha value is -4.13. The number of rotatable bonds is 8. The summed E-state index contributed by atoms with van der Waals surface area (Å²) >= 11 is 0. The van der Waals surface area contributed by atoms with E-state index in [4.69, 9.17) is 9.47 Å². The molecular formula is C25H21NO6. The van der Waals surface area contributed by atoms with E-state index >= 15 is 0 Å². The minimum atomic E-state index is -0.851. The summed E-state index contributed by atoms with van der Waals surface area (Å²) < 4.78 is 10.0. The van der Waals surface area contributed by atoms with Crippen molar-refractivity contribution < 1.29 is 28.7 Å². The molecule has 0 saturated carbocycles. The maximum Gasteiger partial charge on any atom is 0.357 e. The summed E-state index contributed by atoms with van der Waals surface area (Å²) in [5, 5.41) is 0. The first-order valence-electron chi connectivity index (χ1n) is 9.84. The molecule has 3 rings (SSSR count). The summed E-state index contributed by atoms with van der Waals surface area (Å²) in [5.41, 5.74) is 2.56. The third kappa shape index (κ3) is 5.95. The minimum Gasteiger partial charge on any atom is -0.453 e. The van der Waals surface area contributed by atoms with Gasteiger partial charge in [-0.2, -0.15) is 0 Å². The maximum atomic E-state index is 12.2. The quantitative estimate of drug-likeness (QED) is 0.395. The number of aromatic nitrogens is 1. The summed E-state index contributed by atoms with van der Waals surface area (Å²) in [6.45, 7) is 2.89. The number of hydrogen-bond donors (Lipinski definition) is 0. The second-order valence-corrected chi connectivity index (χ2v) is 7.14. The van der Waals surface area contributed by atoms with E-state index in [9.17, 15) is 19.2 Å². The largest absolute Gasteiger partial charge is 0.453 e. The number of Topliss-reactive ketones (excluding diaryl/α,β-unsaturated/α-hetero) is 2. The molecule has 1 heterocycles. The van der Waals surface area contributed by atoms with E-state index in [1.54, 1.807) is 48.5 Å². The van der Waals surface area contributed by atoms with Gasteiger partial charge >= 0.3 is 11.9 Å². The van der Waals surface area contributed by atoms with E-state index in [0.29, 0.717) is 11.1 Å². The number of ketones is 2. The van der Waals surface area contributed by atoms with Gasteiger partial charge in [0.1, 0.15) is 11.4 Å². The molecule has 0 unspecified atom stereocenters. The first kappa shape index (κ1) is 22.6. The molecule has 3 aromatic rings. The lowest BCUT2D eigenvalue weighted by atomic mass is 10.1. The van der Waals surface area contributed by atoms with Crippen LogP contribution in [0.3, 0.4) is 0 Å². The molecule has 0 saturated heterocycles. The van der Waals surface area contributed by atoms with E-state index in [2.05, 4.69) is 4.98 Å². The molecule has 0 aliphatic carbocycles. The number of esters is 2. The van der Waals surface area contributed by atoms with Gasteiger partial charge < -0.3 is 9.47 Å². The smallest absolute Gasteiger partial charge is 0.357 e. The predicted molar refractivity (Wildman–Crippen MR) is 116 cm³/mol. The molecule has 0 fully saturated rings. The van der Waals surface area contributed by atoms with E-state index < -0.39 is 25.2 Å². The lowest BCUT2D eigenvalue weighted by Crippen LogP contribution is -2.18. The van der Waals surface area contributed by atoms with Crippen molar-refractivity contribution in [1.29, 1.82) is 0 Å². The van der Waals surface area contributed by atoms with E-state index in [1.165, 1.54) is 18.2 Å². The van der Waals surface area contributed by atoms with Crippen LogP contribution in [0.1, 0.15) is 52.8 Å². The summed E-state index contributed by atoms with van der Waals surface area (Å²) in [4.78, 5) is 52.7. The third-order valence-electron chi connectivity index (χ3n) is 4.58. The predicted octanol–water partition coefficient (Wildman–Crippen LogP) is 3.78. The van der Waals surface area contributed by atoms with Crippen LogP contribution in [0.15, 0.2) is 66.7 Å². The van der Waals surface area contributed by atoms with Gasteiger partial charge in [0.25, 0.3) is 0 Å².